The van der Waals surface area contributed by atoms with Gasteiger partial charge in [0.1, 0.15) is 0 Å². The number of aryl methyl sites for hydroxylation is 1. The second-order valence-corrected chi connectivity index (χ2v) is 5.78. The Hall–Kier alpha value is -2.20. The van der Waals surface area contributed by atoms with Gasteiger partial charge in [-0.15, -0.1) is 0 Å². The van der Waals surface area contributed by atoms with E-state index in [-0.39, 0.29) is 5.92 Å². The maximum atomic E-state index is 5.87. The zero-order valence-corrected chi connectivity index (χ0v) is 14.1. The first kappa shape index (κ1) is 15.7. The minimum Gasteiger partial charge on any atom is -0.493 e. The molecule has 1 atom stereocenters. The lowest BCUT2D eigenvalue weighted by atomic mass is 9.93. The standard InChI is InChI=1S/C19H23NO3/c1-11-6-5-7-13-12(8-9-20)14-10-15(21-2)18(22-3)19(23-4)17(14)16(11)13/h5-7,10,12H,8-9,20H2,1-4H3. The normalized spacial score (nSPS) is 15.1. The van der Waals surface area contributed by atoms with Gasteiger partial charge < -0.3 is 19.9 Å². The van der Waals surface area contributed by atoms with E-state index in [1.54, 1.807) is 21.3 Å². The molecule has 1 aliphatic carbocycles. The fourth-order valence-corrected chi connectivity index (χ4v) is 3.68. The number of ether oxygens (including phenoxy) is 3. The molecule has 0 aromatic heterocycles. The summed E-state index contributed by atoms with van der Waals surface area (Å²) in [5, 5.41) is 0. The first-order valence-electron chi connectivity index (χ1n) is 7.80. The molecule has 0 saturated carbocycles. The van der Waals surface area contributed by atoms with E-state index in [0.29, 0.717) is 18.0 Å². The van der Waals surface area contributed by atoms with E-state index >= 15 is 0 Å². The van der Waals surface area contributed by atoms with Crippen molar-refractivity contribution in [2.75, 3.05) is 27.9 Å². The molecular weight excluding hydrogens is 290 g/mol. The van der Waals surface area contributed by atoms with Crippen LogP contribution in [0.15, 0.2) is 24.3 Å². The SMILES string of the molecule is COc1cc2c(c(OC)c1OC)-c1c(C)cccc1C2CCN. The molecule has 0 fully saturated rings. The molecule has 4 heteroatoms. The van der Waals surface area contributed by atoms with E-state index in [2.05, 4.69) is 31.2 Å². The first-order chi connectivity index (χ1) is 11.2. The van der Waals surface area contributed by atoms with Crippen LogP contribution >= 0.6 is 0 Å². The summed E-state index contributed by atoms with van der Waals surface area (Å²) in [5.41, 5.74) is 12.0. The van der Waals surface area contributed by atoms with Gasteiger partial charge in [-0.1, -0.05) is 18.2 Å². The van der Waals surface area contributed by atoms with Crippen LogP contribution in [0.4, 0.5) is 0 Å². The molecular formula is C19H23NO3. The molecule has 0 bridgehead atoms. The van der Waals surface area contributed by atoms with Gasteiger partial charge in [0.2, 0.25) is 5.75 Å². The quantitative estimate of drug-likeness (QED) is 0.918. The van der Waals surface area contributed by atoms with Gasteiger partial charge in [0.25, 0.3) is 0 Å². The van der Waals surface area contributed by atoms with Crippen LogP contribution in [0, 0.1) is 6.92 Å². The van der Waals surface area contributed by atoms with Crippen LogP contribution in [-0.4, -0.2) is 27.9 Å². The van der Waals surface area contributed by atoms with Gasteiger partial charge in [0, 0.05) is 11.5 Å². The van der Waals surface area contributed by atoms with Crippen molar-refractivity contribution in [3.8, 4) is 28.4 Å². The highest BCUT2D eigenvalue weighted by atomic mass is 16.5. The average Bonchev–Trinajstić information content (AvgIpc) is 2.88. The molecule has 1 unspecified atom stereocenters. The number of methoxy groups -OCH3 is 3. The monoisotopic (exact) mass is 313 g/mol. The van der Waals surface area contributed by atoms with Crippen LogP contribution in [0.5, 0.6) is 17.2 Å². The number of benzene rings is 2. The van der Waals surface area contributed by atoms with E-state index in [0.717, 1.165) is 17.7 Å². The number of nitrogens with two attached hydrogens (primary N) is 1. The third kappa shape index (κ3) is 2.25. The van der Waals surface area contributed by atoms with Crippen LogP contribution in [-0.2, 0) is 0 Å². The molecule has 0 heterocycles. The Morgan fingerprint density at radius 3 is 2.30 bits per heavy atom. The van der Waals surface area contributed by atoms with E-state index < -0.39 is 0 Å². The second-order valence-electron chi connectivity index (χ2n) is 5.78. The Balaban J connectivity index is 2.38. The molecule has 4 nitrogen and oxygen atoms in total. The summed E-state index contributed by atoms with van der Waals surface area (Å²) in [6, 6.07) is 8.48. The third-order valence-corrected chi connectivity index (χ3v) is 4.62. The van der Waals surface area contributed by atoms with E-state index in [1.807, 2.05) is 0 Å². The molecule has 2 aromatic carbocycles. The number of rotatable bonds is 5. The van der Waals surface area contributed by atoms with Gasteiger partial charge in [-0.05, 0) is 48.2 Å². The summed E-state index contributed by atoms with van der Waals surface area (Å²) in [5.74, 6) is 2.32. The predicted molar refractivity (Wildman–Crippen MR) is 91.8 cm³/mol. The van der Waals surface area contributed by atoms with Crippen molar-refractivity contribution in [1.29, 1.82) is 0 Å². The maximum absolute atomic E-state index is 5.87. The summed E-state index contributed by atoms with van der Waals surface area (Å²) in [6.45, 7) is 2.76. The van der Waals surface area contributed by atoms with Crippen molar-refractivity contribution in [3.05, 3.63) is 41.0 Å². The molecule has 1 aliphatic rings. The van der Waals surface area contributed by atoms with Gasteiger partial charge in [-0.3, -0.25) is 0 Å². The molecule has 2 aromatic rings. The smallest absolute Gasteiger partial charge is 0.203 e. The minimum atomic E-state index is 0.263. The second kappa shape index (κ2) is 6.13. The van der Waals surface area contributed by atoms with Crippen LogP contribution in [0.2, 0.25) is 0 Å². The number of hydrogen-bond acceptors (Lipinski definition) is 4. The van der Waals surface area contributed by atoms with Crippen molar-refractivity contribution in [1.82, 2.24) is 0 Å². The largest absolute Gasteiger partial charge is 0.493 e. The van der Waals surface area contributed by atoms with Gasteiger partial charge in [-0.25, -0.2) is 0 Å². The van der Waals surface area contributed by atoms with Crippen LogP contribution in [0.3, 0.4) is 0 Å². The highest BCUT2D eigenvalue weighted by Gasteiger charge is 2.35. The van der Waals surface area contributed by atoms with Crippen molar-refractivity contribution >= 4 is 0 Å². The average molecular weight is 313 g/mol. The highest BCUT2D eigenvalue weighted by molar-refractivity contribution is 5.89. The van der Waals surface area contributed by atoms with Crippen molar-refractivity contribution in [2.24, 2.45) is 5.73 Å². The van der Waals surface area contributed by atoms with Gasteiger partial charge in [-0.2, -0.15) is 0 Å². The van der Waals surface area contributed by atoms with Crippen molar-refractivity contribution in [3.63, 3.8) is 0 Å². The summed E-state index contributed by atoms with van der Waals surface area (Å²) >= 11 is 0. The fourth-order valence-electron chi connectivity index (χ4n) is 3.68. The summed E-state index contributed by atoms with van der Waals surface area (Å²) in [7, 11) is 4.96. The molecule has 0 saturated heterocycles. The van der Waals surface area contributed by atoms with Gasteiger partial charge in [0.15, 0.2) is 11.5 Å². The van der Waals surface area contributed by atoms with Crippen LogP contribution < -0.4 is 19.9 Å². The molecule has 2 N–H and O–H groups in total. The molecule has 23 heavy (non-hydrogen) atoms. The van der Waals surface area contributed by atoms with E-state index in [9.17, 15) is 0 Å². The Kier molecular flexibility index (Phi) is 4.18. The van der Waals surface area contributed by atoms with Crippen molar-refractivity contribution in [2.45, 2.75) is 19.3 Å². The Bertz CT molecular complexity index is 740. The Labute approximate surface area is 137 Å². The lowest BCUT2D eigenvalue weighted by Gasteiger charge is -2.18. The van der Waals surface area contributed by atoms with Crippen LogP contribution in [0.25, 0.3) is 11.1 Å². The lowest BCUT2D eigenvalue weighted by Crippen LogP contribution is -2.07. The molecule has 0 aliphatic heterocycles. The summed E-state index contributed by atoms with van der Waals surface area (Å²) in [4.78, 5) is 0. The van der Waals surface area contributed by atoms with Crippen molar-refractivity contribution < 1.29 is 14.2 Å². The van der Waals surface area contributed by atoms with Crippen LogP contribution in [0.1, 0.15) is 29.0 Å². The molecule has 0 amide bonds. The van der Waals surface area contributed by atoms with Gasteiger partial charge in [0.05, 0.1) is 21.3 Å². The molecule has 0 spiro atoms. The fraction of sp³-hybridized carbons (Fsp3) is 0.368. The minimum absolute atomic E-state index is 0.263. The third-order valence-electron chi connectivity index (χ3n) is 4.62. The highest BCUT2D eigenvalue weighted by Crippen LogP contribution is 2.56. The van der Waals surface area contributed by atoms with E-state index in [1.165, 1.54) is 22.3 Å². The van der Waals surface area contributed by atoms with E-state index in [4.69, 9.17) is 19.9 Å². The molecule has 122 valence electrons. The summed E-state index contributed by atoms with van der Waals surface area (Å²) < 4.78 is 16.8. The molecule has 0 radical (unpaired) electrons. The zero-order chi connectivity index (χ0) is 16.6. The molecule has 3 rings (SSSR count). The predicted octanol–water partition coefficient (Wildman–Crippen LogP) is 3.48. The lowest BCUT2D eigenvalue weighted by molar-refractivity contribution is 0.324. The van der Waals surface area contributed by atoms with Gasteiger partial charge >= 0.3 is 0 Å². The first-order valence-corrected chi connectivity index (χ1v) is 7.80. The Morgan fingerprint density at radius 2 is 1.70 bits per heavy atom. The summed E-state index contributed by atoms with van der Waals surface area (Å²) in [6.07, 6.45) is 0.891. The maximum Gasteiger partial charge on any atom is 0.203 e. The zero-order valence-electron chi connectivity index (χ0n) is 14.1. The number of hydrogen-bond donors (Lipinski definition) is 1. The Morgan fingerprint density at radius 1 is 0.957 bits per heavy atom. The number of fused-ring (bicyclic) bond motifs is 3. The topological polar surface area (TPSA) is 53.7 Å².